The number of aromatic nitrogens is 2. The largest absolute Gasteiger partial charge is 0.355 e. The third-order valence-corrected chi connectivity index (χ3v) is 4.08. The molecule has 1 amide bonds. The standard InChI is InChI=1S/C18H23N5O/c1-2-19-13-14-6-5-7-15(12-14)20-18(24)16-8-9-17(22-21-16)23-10-3-4-11-23/h5-9,12,19H,2-4,10-11,13H2,1H3,(H,20,24). The van der Waals surface area contributed by atoms with Crippen LogP contribution in [0.3, 0.4) is 0 Å². The molecule has 3 rings (SSSR count). The molecule has 0 aliphatic carbocycles. The SMILES string of the molecule is CCNCc1cccc(NC(=O)c2ccc(N3CCCC3)nn2)c1. The second-order valence-electron chi connectivity index (χ2n) is 5.91. The van der Waals surface area contributed by atoms with Gasteiger partial charge in [-0.3, -0.25) is 4.79 Å². The summed E-state index contributed by atoms with van der Waals surface area (Å²) >= 11 is 0. The fourth-order valence-corrected chi connectivity index (χ4v) is 2.78. The van der Waals surface area contributed by atoms with E-state index >= 15 is 0 Å². The minimum absolute atomic E-state index is 0.240. The van der Waals surface area contributed by atoms with Crippen LogP contribution >= 0.6 is 0 Å². The number of amides is 1. The Balaban J connectivity index is 1.64. The summed E-state index contributed by atoms with van der Waals surface area (Å²) in [6.07, 6.45) is 2.38. The molecule has 126 valence electrons. The van der Waals surface area contributed by atoms with E-state index in [4.69, 9.17) is 0 Å². The molecule has 1 saturated heterocycles. The van der Waals surface area contributed by atoms with E-state index in [9.17, 15) is 4.79 Å². The van der Waals surface area contributed by atoms with E-state index in [1.807, 2.05) is 30.3 Å². The van der Waals surface area contributed by atoms with Gasteiger partial charge in [0.25, 0.3) is 5.91 Å². The quantitative estimate of drug-likeness (QED) is 0.854. The highest BCUT2D eigenvalue weighted by Crippen LogP contribution is 2.17. The Kier molecular flexibility index (Phi) is 5.38. The molecule has 1 aliphatic heterocycles. The molecule has 0 spiro atoms. The monoisotopic (exact) mass is 325 g/mol. The smallest absolute Gasteiger partial charge is 0.276 e. The van der Waals surface area contributed by atoms with Crippen molar-refractivity contribution in [3.63, 3.8) is 0 Å². The normalized spacial score (nSPS) is 14.0. The first-order chi connectivity index (χ1) is 11.8. The Morgan fingerprint density at radius 2 is 2.00 bits per heavy atom. The van der Waals surface area contributed by atoms with E-state index in [2.05, 4.69) is 32.7 Å². The molecule has 0 bridgehead atoms. The molecule has 0 saturated carbocycles. The van der Waals surface area contributed by atoms with E-state index in [0.717, 1.165) is 43.2 Å². The summed E-state index contributed by atoms with van der Waals surface area (Å²) in [6.45, 7) is 5.79. The van der Waals surface area contributed by atoms with Gasteiger partial charge in [0.1, 0.15) is 0 Å². The van der Waals surface area contributed by atoms with Gasteiger partial charge in [-0.2, -0.15) is 0 Å². The predicted octanol–water partition coefficient (Wildman–Crippen LogP) is 2.44. The minimum Gasteiger partial charge on any atom is -0.355 e. The van der Waals surface area contributed by atoms with Gasteiger partial charge in [-0.05, 0) is 49.2 Å². The molecule has 24 heavy (non-hydrogen) atoms. The van der Waals surface area contributed by atoms with Crippen molar-refractivity contribution in [3.05, 3.63) is 47.7 Å². The number of carbonyl (C=O) groups excluding carboxylic acids is 1. The molecule has 0 unspecified atom stereocenters. The van der Waals surface area contributed by atoms with Gasteiger partial charge in [0.05, 0.1) is 0 Å². The maximum absolute atomic E-state index is 12.3. The van der Waals surface area contributed by atoms with Crippen LogP contribution in [-0.2, 0) is 6.54 Å². The lowest BCUT2D eigenvalue weighted by Gasteiger charge is -2.15. The molecule has 6 nitrogen and oxygen atoms in total. The number of nitrogens with one attached hydrogen (secondary N) is 2. The number of anilines is 2. The number of benzene rings is 1. The maximum atomic E-state index is 12.3. The Morgan fingerprint density at radius 1 is 1.17 bits per heavy atom. The lowest BCUT2D eigenvalue weighted by atomic mass is 10.2. The molecule has 1 aliphatic rings. The fourth-order valence-electron chi connectivity index (χ4n) is 2.78. The van der Waals surface area contributed by atoms with Crippen LogP contribution in [0.15, 0.2) is 36.4 Å². The van der Waals surface area contributed by atoms with E-state index in [-0.39, 0.29) is 5.91 Å². The summed E-state index contributed by atoms with van der Waals surface area (Å²) in [5, 5.41) is 14.4. The van der Waals surface area contributed by atoms with E-state index < -0.39 is 0 Å². The average molecular weight is 325 g/mol. The summed E-state index contributed by atoms with van der Waals surface area (Å²) in [4.78, 5) is 14.5. The zero-order valence-electron chi connectivity index (χ0n) is 14.0. The zero-order chi connectivity index (χ0) is 16.8. The van der Waals surface area contributed by atoms with Crippen LogP contribution in [0.25, 0.3) is 0 Å². The van der Waals surface area contributed by atoms with Gasteiger partial charge in [0, 0.05) is 25.3 Å². The van der Waals surface area contributed by atoms with Crippen molar-refractivity contribution in [2.45, 2.75) is 26.3 Å². The minimum atomic E-state index is -0.240. The van der Waals surface area contributed by atoms with Crippen molar-refractivity contribution in [2.24, 2.45) is 0 Å². The third-order valence-electron chi connectivity index (χ3n) is 4.08. The highest BCUT2D eigenvalue weighted by Gasteiger charge is 2.15. The highest BCUT2D eigenvalue weighted by molar-refractivity contribution is 6.02. The summed E-state index contributed by atoms with van der Waals surface area (Å²) in [7, 11) is 0. The van der Waals surface area contributed by atoms with Crippen LogP contribution < -0.4 is 15.5 Å². The summed E-state index contributed by atoms with van der Waals surface area (Å²) in [5.74, 6) is 0.604. The van der Waals surface area contributed by atoms with Gasteiger partial charge < -0.3 is 15.5 Å². The average Bonchev–Trinajstić information content (AvgIpc) is 3.15. The molecule has 0 atom stereocenters. The first-order valence-electron chi connectivity index (χ1n) is 8.46. The van der Waals surface area contributed by atoms with E-state index in [0.29, 0.717) is 5.69 Å². The molecule has 2 N–H and O–H groups in total. The molecule has 2 heterocycles. The van der Waals surface area contributed by atoms with Crippen molar-refractivity contribution in [2.75, 3.05) is 29.9 Å². The van der Waals surface area contributed by atoms with Crippen molar-refractivity contribution < 1.29 is 4.79 Å². The van der Waals surface area contributed by atoms with E-state index in [1.165, 1.54) is 12.8 Å². The highest BCUT2D eigenvalue weighted by atomic mass is 16.1. The predicted molar refractivity (Wildman–Crippen MR) is 95.3 cm³/mol. The number of hydrogen-bond donors (Lipinski definition) is 2. The Bertz CT molecular complexity index is 680. The van der Waals surface area contributed by atoms with Gasteiger partial charge in [0.2, 0.25) is 0 Å². The first-order valence-corrected chi connectivity index (χ1v) is 8.46. The molecule has 1 aromatic carbocycles. The van der Waals surface area contributed by atoms with Crippen molar-refractivity contribution in [1.82, 2.24) is 15.5 Å². The van der Waals surface area contributed by atoms with Crippen molar-refractivity contribution >= 4 is 17.4 Å². The van der Waals surface area contributed by atoms with Gasteiger partial charge in [-0.1, -0.05) is 19.1 Å². The van der Waals surface area contributed by atoms with Crippen LogP contribution in [0.1, 0.15) is 35.8 Å². The van der Waals surface area contributed by atoms with Gasteiger partial charge in [-0.25, -0.2) is 0 Å². The lowest BCUT2D eigenvalue weighted by molar-refractivity contribution is 0.102. The first kappa shape index (κ1) is 16.4. The molecule has 1 aromatic heterocycles. The number of carbonyl (C=O) groups is 1. The van der Waals surface area contributed by atoms with Crippen LogP contribution in [0, 0.1) is 0 Å². The second kappa shape index (κ2) is 7.88. The van der Waals surface area contributed by atoms with Gasteiger partial charge >= 0.3 is 0 Å². The van der Waals surface area contributed by atoms with Crippen LogP contribution in [0.4, 0.5) is 11.5 Å². The number of rotatable bonds is 6. The maximum Gasteiger partial charge on any atom is 0.276 e. The second-order valence-corrected chi connectivity index (χ2v) is 5.91. The third kappa shape index (κ3) is 4.08. The van der Waals surface area contributed by atoms with Gasteiger partial charge in [0.15, 0.2) is 11.5 Å². The Hall–Kier alpha value is -2.47. The number of nitrogens with zero attached hydrogens (tertiary/aromatic N) is 3. The molecule has 2 aromatic rings. The molecular formula is C18H23N5O. The topological polar surface area (TPSA) is 70.2 Å². The van der Waals surface area contributed by atoms with Crippen LogP contribution in [0.2, 0.25) is 0 Å². The Morgan fingerprint density at radius 3 is 2.71 bits per heavy atom. The van der Waals surface area contributed by atoms with Crippen molar-refractivity contribution in [1.29, 1.82) is 0 Å². The zero-order valence-corrected chi connectivity index (χ0v) is 14.0. The molecular weight excluding hydrogens is 302 g/mol. The van der Waals surface area contributed by atoms with Crippen molar-refractivity contribution in [3.8, 4) is 0 Å². The summed E-state index contributed by atoms with van der Waals surface area (Å²) in [5.41, 5.74) is 2.22. The molecule has 0 radical (unpaired) electrons. The van der Waals surface area contributed by atoms with Crippen LogP contribution in [0.5, 0.6) is 0 Å². The van der Waals surface area contributed by atoms with Gasteiger partial charge in [-0.15, -0.1) is 10.2 Å². The Labute approximate surface area is 142 Å². The molecule has 1 fully saturated rings. The molecule has 6 heteroatoms. The number of hydrogen-bond acceptors (Lipinski definition) is 5. The lowest BCUT2D eigenvalue weighted by Crippen LogP contribution is -2.21. The fraction of sp³-hybridized carbons (Fsp3) is 0.389. The summed E-state index contributed by atoms with van der Waals surface area (Å²) < 4.78 is 0. The van der Waals surface area contributed by atoms with E-state index in [1.54, 1.807) is 6.07 Å². The van der Waals surface area contributed by atoms with Crippen LogP contribution in [-0.4, -0.2) is 35.7 Å². The summed E-state index contributed by atoms with van der Waals surface area (Å²) in [6, 6.07) is 11.4.